The van der Waals surface area contributed by atoms with Gasteiger partial charge in [-0.1, -0.05) is 36.4 Å². The number of nitroso groups, excluding NO2 is 1. The number of amides is 1. The Morgan fingerprint density at radius 2 is 1.93 bits per heavy atom. The van der Waals surface area contributed by atoms with Gasteiger partial charge < -0.3 is 15.4 Å². The molecule has 2 aliphatic rings. The number of anilines is 1. The van der Waals surface area contributed by atoms with Crippen LogP contribution < -0.4 is 11.0 Å². The number of carbonyl (C=O) groups excluding carboxylic acids is 1. The van der Waals surface area contributed by atoms with Gasteiger partial charge in [0.1, 0.15) is 5.75 Å². The minimum atomic E-state index is -0.190. The van der Waals surface area contributed by atoms with Gasteiger partial charge in [-0.25, -0.2) is 4.79 Å². The van der Waals surface area contributed by atoms with Gasteiger partial charge in [-0.3, -0.25) is 9.36 Å². The number of aromatic amines is 1. The lowest BCUT2D eigenvalue weighted by molar-refractivity contribution is -0.115. The van der Waals surface area contributed by atoms with Crippen LogP contribution in [0, 0.1) is 4.91 Å². The molecule has 3 aromatic rings. The molecule has 3 heterocycles. The van der Waals surface area contributed by atoms with Crippen LogP contribution in [0.25, 0.3) is 29.4 Å². The Labute approximate surface area is 164 Å². The molecule has 0 spiro atoms. The highest BCUT2D eigenvalue weighted by atomic mass is 16.3. The lowest BCUT2D eigenvalue weighted by Gasteiger charge is -2.07. The molecular formula is C21H16N4O4. The normalized spacial score (nSPS) is 13.7. The molecule has 1 aromatic heterocycles. The van der Waals surface area contributed by atoms with Gasteiger partial charge in [0.05, 0.1) is 16.7 Å². The van der Waals surface area contributed by atoms with Crippen molar-refractivity contribution < 1.29 is 9.90 Å². The Morgan fingerprint density at radius 1 is 1.07 bits per heavy atom. The average Bonchev–Trinajstić information content (AvgIpc) is 2.86. The molecule has 0 atom stereocenters. The van der Waals surface area contributed by atoms with Crippen molar-refractivity contribution in [2.75, 3.05) is 5.32 Å². The van der Waals surface area contributed by atoms with Crippen molar-refractivity contribution in [2.24, 2.45) is 5.18 Å². The Balaban J connectivity index is 0.000000141. The number of rotatable bonds is 1. The van der Waals surface area contributed by atoms with Gasteiger partial charge >= 0.3 is 5.69 Å². The SMILES string of the molecule is O=Nc1c(O)ccc2c1C=CCC(=O)N2.O=c1[nH]c2cccc3c2n1C=CC=C3. The minimum absolute atomic E-state index is 0.0500. The van der Waals surface area contributed by atoms with Gasteiger partial charge in [0, 0.05) is 23.7 Å². The van der Waals surface area contributed by atoms with E-state index in [4.69, 9.17) is 0 Å². The first-order valence-electron chi connectivity index (χ1n) is 8.82. The molecule has 144 valence electrons. The fourth-order valence-electron chi connectivity index (χ4n) is 3.23. The van der Waals surface area contributed by atoms with E-state index in [9.17, 15) is 19.6 Å². The molecule has 8 heteroatoms. The van der Waals surface area contributed by atoms with E-state index < -0.39 is 0 Å². The van der Waals surface area contributed by atoms with Crippen LogP contribution in [0.3, 0.4) is 0 Å². The molecule has 2 aliphatic heterocycles. The van der Waals surface area contributed by atoms with Crippen LogP contribution in [0.5, 0.6) is 5.75 Å². The Morgan fingerprint density at radius 3 is 2.76 bits per heavy atom. The van der Waals surface area contributed by atoms with Gasteiger partial charge in [-0.05, 0) is 29.5 Å². The van der Waals surface area contributed by atoms with E-state index >= 15 is 0 Å². The van der Waals surface area contributed by atoms with Crippen molar-refractivity contribution in [3.63, 3.8) is 0 Å². The third-order valence-corrected chi connectivity index (χ3v) is 4.54. The largest absolute Gasteiger partial charge is 0.506 e. The molecule has 0 radical (unpaired) electrons. The highest BCUT2D eigenvalue weighted by Crippen LogP contribution is 2.37. The lowest BCUT2D eigenvalue weighted by atomic mass is 10.1. The molecule has 0 bridgehead atoms. The summed E-state index contributed by atoms with van der Waals surface area (Å²) in [6.07, 6.45) is 11.0. The highest BCUT2D eigenvalue weighted by molar-refractivity contribution is 5.98. The number of allylic oxidation sites excluding steroid dienone is 2. The second-order valence-corrected chi connectivity index (χ2v) is 6.38. The van der Waals surface area contributed by atoms with E-state index in [1.807, 2.05) is 36.4 Å². The van der Waals surface area contributed by atoms with Crippen LogP contribution in [0.2, 0.25) is 0 Å². The van der Waals surface area contributed by atoms with Crippen molar-refractivity contribution in [2.45, 2.75) is 6.42 Å². The molecule has 0 saturated heterocycles. The van der Waals surface area contributed by atoms with Gasteiger partial charge in [0.2, 0.25) is 5.91 Å². The number of hydrogen-bond donors (Lipinski definition) is 3. The summed E-state index contributed by atoms with van der Waals surface area (Å²) in [5, 5.41) is 14.7. The smallest absolute Gasteiger partial charge is 0.330 e. The number of aromatic hydroxyl groups is 1. The summed E-state index contributed by atoms with van der Waals surface area (Å²) in [6.45, 7) is 0. The predicted molar refractivity (Wildman–Crippen MR) is 113 cm³/mol. The summed E-state index contributed by atoms with van der Waals surface area (Å²) < 4.78 is 1.63. The van der Waals surface area contributed by atoms with Crippen LogP contribution in [0.4, 0.5) is 11.4 Å². The van der Waals surface area contributed by atoms with Crippen LogP contribution in [-0.2, 0) is 4.79 Å². The van der Waals surface area contributed by atoms with Crippen LogP contribution in [-0.4, -0.2) is 20.6 Å². The molecule has 8 nitrogen and oxygen atoms in total. The monoisotopic (exact) mass is 388 g/mol. The Kier molecular flexibility index (Phi) is 4.66. The third kappa shape index (κ3) is 3.39. The van der Waals surface area contributed by atoms with Crippen molar-refractivity contribution >= 4 is 46.7 Å². The molecule has 29 heavy (non-hydrogen) atoms. The maximum atomic E-state index is 11.5. The summed E-state index contributed by atoms with van der Waals surface area (Å²) in [4.78, 5) is 36.1. The highest BCUT2D eigenvalue weighted by Gasteiger charge is 2.15. The fourth-order valence-corrected chi connectivity index (χ4v) is 3.23. The van der Waals surface area contributed by atoms with Crippen LogP contribution >= 0.6 is 0 Å². The summed E-state index contributed by atoms with van der Waals surface area (Å²) in [6, 6.07) is 8.70. The number of imidazole rings is 1. The Bertz CT molecular complexity index is 1280. The number of carbonyl (C=O) groups is 1. The van der Waals surface area contributed by atoms with E-state index in [2.05, 4.69) is 15.5 Å². The maximum Gasteiger partial charge on any atom is 0.330 e. The summed E-state index contributed by atoms with van der Waals surface area (Å²) in [5.41, 5.74) is 3.67. The second kappa shape index (κ2) is 7.43. The first-order valence-corrected chi connectivity index (χ1v) is 8.82. The van der Waals surface area contributed by atoms with Crippen molar-refractivity contribution in [3.05, 3.63) is 75.1 Å². The number of nitrogens with zero attached hydrogens (tertiary/aromatic N) is 2. The maximum absolute atomic E-state index is 11.5. The van der Waals surface area contributed by atoms with E-state index in [-0.39, 0.29) is 29.5 Å². The van der Waals surface area contributed by atoms with Crippen molar-refractivity contribution in [1.82, 2.24) is 9.55 Å². The van der Waals surface area contributed by atoms with Gasteiger partial charge in [0.15, 0.2) is 5.69 Å². The Hall–Kier alpha value is -4.20. The first-order chi connectivity index (χ1) is 14.1. The number of fused-ring (bicyclic) bond motifs is 1. The predicted octanol–water partition coefficient (Wildman–Crippen LogP) is 3.97. The zero-order valence-corrected chi connectivity index (χ0v) is 15.1. The molecular weight excluding hydrogens is 372 g/mol. The molecule has 0 saturated carbocycles. The minimum Gasteiger partial charge on any atom is -0.506 e. The van der Waals surface area contributed by atoms with Gasteiger partial charge in [0.25, 0.3) is 0 Å². The van der Waals surface area contributed by atoms with Gasteiger partial charge in [-0.15, -0.1) is 4.91 Å². The van der Waals surface area contributed by atoms with Crippen LogP contribution in [0.15, 0.2) is 58.5 Å². The van der Waals surface area contributed by atoms with Gasteiger partial charge in [-0.2, -0.15) is 0 Å². The number of phenolic OH excluding ortho intramolecular Hbond substituents is 1. The van der Waals surface area contributed by atoms with E-state index in [1.54, 1.807) is 22.9 Å². The molecule has 0 unspecified atom stereocenters. The number of hydrogen-bond acceptors (Lipinski definition) is 5. The lowest BCUT2D eigenvalue weighted by Crippen LogP contribution is -2.10. The first kappa shape index (κ1) is 18.2. The number of H-pyrrole nitrogens is 1. The molecule has 0 aliphatic carbocycles. The summed E-state index contributed by atoms with van der Waals surface area (Å²) in [5.74, 6) is -0.350. The van der Waals surface area contributed by atoms with E-state index in [0.717, 1.165) is 16.6 Å². The standard InChI is InChI=1S/C11H8N2O.C10H8N2O3/c14-11-12-9-6-3-5-8-4-1-2-7-13(11)10(8)9;13-8-5-4-7-6(10(8)12-15)2-1-3-9(14)11-7/h1-7H,(H,12,14);1-2,4-5,13H,3H2,(H,11,14). The van der Waals surface area contributed by atoms with Crippen molar-refractivity contribution in [1.29, 1.82) is 0 Å². The number of benzene rings is 2. The third-order valence-electron chi connectivity index (χ3n) is 4.54. The second-order valence-electron chi connectivity index (χ2n) is 6.38. The average molecular weight is 388 g/mol. The molecule has 1 amide bonds. The topological polar surface area (TPSA) is 117 Å². The number of para-hydroxylation sites is 1. The molecule has 0 fully saturated rings. The number of aromatic nitrogens is 2. The summed E-state index contributed by atoms with van der Waals surface area (Å²) in [7, 11) is 0. The van der Waals surface area contributed by atoms with Crippen molar-refractivity contribution in [3.8, 4) is 5.75 Å². The molecule has 5 rings (SSSR count). The molecule has 3 N–H and O–H groups in total. The fraction of sp³-hybridized carbons (Fsp3) is 0.0476. The molecule has 2 aromatic carbocycles. The van der Waals surface area contributed by atoms with Crippen LogP contribution in [0.1, 0.15) is 17.5 Å². The zero-order chi connectivity index (χ0) is 20.4. The number of nitrogens with one attached hydrogen (secondary N) is 2. The number of phenols is 1. The zero-order valence-electron chi connectivity index (χ0n) is 15.1. The summed E-state index contributed by atoms with van der Waals surface area (Å²) >= 11 is 0. The van der Waals surface area contributed by atoms with E-state index in [0.29, 0.717) is 11.3 Å². The van der Waals surface area contributed by atoms with E-state index in [1.165, 1.54) is 12.1 Å². The quantitative estimate of drug-likeness (QED) is 0.432.